The Morgan fingerprint density at radius 1 is 1.39 bits per heavy atom. The van der Waals surface area contributed by atoms with E-state index in [2.05, 4.69) is 25.3 Å². The van der Waals surface area contributed by atoms with Crippen LogP contribution < -0.4 is 21.1 Å². The number of H-pyrrole nitrogens is 1. The van der Waals surface area contributed by atoms with E-state index >= 15 is 0 Å². The summed E-state index contributed by atoms with van der Waals surface area (Å²) in [4.78, 5) is 40.8. The first-order valence-corrected chi connectivity index (χ1v) is 6.68. The Bertz CT molecular complexity index is 664. The highest BCUT2D eigenvalue weighted by Gasteiger charge is 2.32. The number of halogens is 1. The van der Waals surface area contributed by atoms with Crippen LogP contribution in [0.3, 0.4) is 0 Å². The molecule has 0 spiro atoms. The number of carbonyl (C=O) groups is 2. The van der Waals surface area contributed by atoms with Gasteiger partial charge in [-0.05, 0) is 0 Å². The molecule has 3 N–H and O–H groups in total. The van der Waals surface area contributed by atoms with Gasteiger partial charge in [0, 0.05) is 13.8 Å². The van der Waals surface area contributed by atoms with E-state index in [-0.39, 0.29) is 37.4 Å². The number of hydrogen-bond acceptors (Lipinski definition) is 8. The number of alkyl halides is 1. The van der Waals surface area contributed by atoms with Crippen LogP contribution in [0.2, 0.25) is 0 Å². The predicted octanol–water partition coefficient (Wildman–Crippen LogP) is -0.249. The maximum atomic E-state index is 14.0. The number of nitrogens with one attached hydrogen (secondary N) is 3. The molecule has 1 aromatic heterocycles. The quantitative estimate of drug-likeness (QED) is 0.371. The number of nitrogens with zero attached hydrogens (tertiary/aromatic N) is 2. The van der Waals surface area contributed by atoms with Gasteiger partial charge in [0.2, 0.25) is 11.9 Å². The number of ether oxygens (including phenoxy) is 2. The van der Waals surface area contributed by atoms with E-state index in [9.17, 15) is 18.8 Å². The molecule has 1 atom stereocenters. The van der Waals surface area contributed by atoms with Crippen LogP contribution in [0.1, 0.15) is 13.8 Å². The molecule has 11 heteroatoms. The topological polar surface area (TPSA) is 126 Å². The van der Waals surface area contributed by atoms with Crippen LogP contribution in [-0.2, 0) is 19.1 Å². The van der Waals surface area contributed by atoms with Crippen LogP contribution in [-0.4, -0.2) is 48.2 Å². The average Bonchev–Trinajstić information content (AvgIpc) is 2.75. The Morgan fingerprint density at radius 2 is 2.13 bits per heavy atom. The number of anilines is 3. The summed E-state index contributed by atoms with van der Waals surface area (Å²) in [5, 5.41) is 4.65. The van der Waals surface area contributed by atoms with Crippen molar-refractivity contribution >= 4 is 29.3 Å². The molecule has 1 unspecified atom stereocenters. The summed E-state index contributed by atoms with van der Waals surface area (Å²) in [6, 6.07) is 0. The second-order valence-electron chi connectivity index (χ2n) is 4.62. The summed E-state index contributed by atoms with van der Waals surface area (Å²) in [7, 11) is 0. The highest BCUT2D eigenvalue weighted by atomic mass is 19.1. The van der Waals surface area contributed by atoms with E-state index in [0.717, 1.165) is 4.90 Å². The number of carbonyl (C=O) groups excluding carboxylic acids is 2. The molecule has 126 valence electrons. The van der Waals surface area contributed by atoms with Gasteiger partial charge in [-0.1, -0.05) is 0 Å². The van der Waals surface area contributed by atoms with Crippen LogP contribution in [0.5, 0.6) is 0 Å². The molecule has 2 heterocycles. The van der Waals surface area contributed by atoms with Crippen molar-refractivity contribution in [2.24, 2.45) is 0 Å². The molecule has 1 amide bonds. The highest BCUT2D eigenvalue weighted by Crippen LogP contribution is 2.30. The van der Waals surface area contributed by atoms with Crippen molar-refractivity contribution in [1.29, 1.82) is 0 Å². The lowest BCUT2D eigenvalue weighted by Crippen LogP contribution is -2.34. The van der Waals surface area contributed by atoms with Gasteiger partial charge in [-0.3, -0.25) is 29.6 Å². The van der Waals surface area contributed by atoms with Gasteiger partial charge in [-0.15, -0.1) is 0 Å². The number of hydrogen-bond donors (Lipinski definition) is 3. The van der Waals surface area contributed by atoms with E-state index in [0.29, 0.717) is 0 Å². The molecule has 0 bridgehead atoms. The zero-order valence-electron chi connectivity index (χ0n) is 12.5. The average molecular weight is 329 g/mol. The molecule has 0 aromatic carbocycles. The van der Waals surface area contributed by atoms with Gasteiger partial charge < -0.3 is 14.8 Å². The van der Waals surface area contributed by atoms with Crippen molar-refractivity contribution in [2.45, 2.75) is 20.3 Å². The van der Waals surface area contributed by atoms with Crippen molar-refractivity contribution in [3.63, 3.8) is 0 Å². The summed E-state index contributed by atoms with van der Waals surface area (Å²) in [6.45, 7) is 2.37. The molecule has 23 heavy (non-hydrogen) atoms. The lowest BCUT2D eigenvalue weighted by molar-refractivity contribution is -0.142. The van der Waals surface area contributed by atoms with Crippen LogP contribution >= 0.6 is 0 Å². The molecule has 0 saturated carbocycles. The van der Waals surface area contributed by atoms with Crippen molar-refractivity contribution < 1.29 is 23.5 Å². The molecule has 2 rings (SSSR count). The van der Waals surface area contributed by atoms with Crippen molar-refractivity contribution in [3.8, 4) is 0 Å². The lowest BCUT2D eigenvalue weighted by atomic mass is 10.5. The van der Waals surface area contributed by atoms with Gasteiger partial charge in [0.25, 0.3) is 12.0 Å². The van der Waals surface area contributed by atoms with Gasteiger partial charge in [-0.25, -0.2) is 0 Å². The van der Waals surface area contributed by atoms with Gasteiger partial charge >= 0.3 is 5.97 Å². The minimum Gasteiger partial charge on any atom is -0.463 e. The second-order valence-corrected chi connectivity index (χ2v) is 4.62. The van der Waals surface area contributed by atoms with Crippen LogP contribution in [0, 0.1) is 0 Å². The van der Waals surface area contributed by atoms with Gasteiger partial charge in [0.05, 0.1) is 6.61 Å². The summed E-state index contributed by atoms with van der Waals surface area (Å²) < 4.78 is 23.8. The monoisotopic (exact) mass is 329 g/mol. The van der Waals surface area contributed by atoms with Gasteiger partial charge in [-0.2, -0.15) is 9.37 Å². The van der Waals surface area contributed by atoms with E-state index in [4.69, 9.17) is 4.74 Å². The van der Waals surface area contributed by atoms with Crippen LogP contribution in [0.4, 0.5) is 21.8 Å². The number of amides is 1. The zero-order valence-corrected chi connectivity index (χ0v) is 12.5. The van der Waals surface area contributed by atoms with E-state index in [1.165, 1.54) is 13.8 Å². The summed E-state index contributed by atoms with van der Waals surface area (Å²) in [5.74, 6) is -0.960. The fourth-order valence-electron chi connectivity index (χ4n) is 1.86. The summed E-state index contributed by atoms with van der Waals surface area (Å²) in [6.07, 6.45) is -1.71. The maximum absolute atomic E-state index is 14.0. The highest BCUT2D eigenvalue weighted by molar-refractivity contribution is 5.87. The standard InChI is InChI=1S/C12H16FN5O5/c1-6(19)14-12-16-9-8(10(21)17-12)15-11(13)18(9)5-22-3-4-23-7(2)20/h11,15H,3-5H2,1-2H3,(H2,14,16,17,19,21). The molecule has 1 aromatic rings. The van der Waals surface area contributed by atoms with Crippen molar-refractivity contribution in [1.82, 2.24) is 9.97 Å². The molecule has 10 nitrogen and oxygen atoms in total. The fraction of sp³-hybridized carbons (Fsp3) is 0.500. The lowest BCUT2D eigenvalue weighted by Gasteiger charge is -2.19. The normalized spacial score (nSPS) is 15.8. The first-order valence-electron chi connectivity index (χ1n) is 6.68. The largest absolute Gasteiger partial charge is 0.463 e. The third kappa shape index (κ3) is 4.16. The number of esters is 1. The minimum absolute atomic E-state index is 0.0116. The fourth-order valence-corrected chi connectivity index (χ4v) is 1.86. The zero-order chi connectivity index (χ0) is 17.0. The third-order valence-electron chi connectivity index (χ3n) is 2.77. The molecular weight excluding hydrogens is 313 g/mol. The molecular formula is C12H16FN5O5. The number of aromatic amines is 1. The van der Waals surface area contributed by atoms with Gasteiger partial charge in [0.1, 0.15) is 19.0 Å². The Hall–Kier alpha value is -2.69. The Morgan fingerprint density at radius 3 is 2.78 bits per heavy atom. The molecule has 0 saturated heterocycles. The minimum atomic E-state index is -1.71. The third-order valence-corrected chi connectivity index (χ3v) is 2.77. The molecule has 1 aliphatic rings. The maximum Gasteiger partial charge on any atom is 0.302 e. The number of rotatable bonds is 6. The number of fused-ring (bicyclic) bond motifs is 1. The second kappa shape index (κ2) is 7.05. The summed E-state index contributed by atoms with van der Waals surface area (Å²) in [5.41, 5.74) is -0.681. The van der Waals surface area contributed by atoms with Crippen molar-refractivity contribution in [3.05, 3.63) is 10.4 Å². The first-order chi connectivity index (χ1) is 10.9. The number of aromatic nitrogens is 2. The summed E-state index contributed by atoms with van der Waals surface area (Å²) >= 11 is 0. The first kappa shape index (κ1) is 16.7. The Kier molecular flexibility index (Phi) is 5.11. The van der Waals surface area contributed by atoms with Crippen LogP contribution in [0.15, 0.2) is 4.79 Å². The van der Waals surface area contributed by atoms with E-state index in [1.54, 1.807) is 0 Å². The Labute approximate surface area is 130 Å². The van der Waals surface area contributed by atoms with Crippen molar-refractivity contribution in [2.75, 3.05) is 35.5 Å². The van der Waals surface area contributed by atoms with Crippen LogP contribution in [0.25, 0.3) is 0 Å². The molecule has 1 aliphatic heterocycles. The van der Waals surface area contributed by atoms with E-state index in [1.807, 2.05) is 0 Å². The SMILES string of the molecule is CC(=O)Nc1nc2c(c(=O)[nH]1)NC(F)N2COCCOC(C)=O. The molecule has 0 radical (unpaired) electrons. The van der Waals surface area contributed by atoms with Gasteiger partial charge in [0.15, 0.2) is 5.82 Å². The van der Waals surface area contributed by atoms with E-state index < -0.39 is 23.9 Å². The Balaban J connectivity index is 2.06. The smallest absolute Gasteiger partial charge is 0.302 e. The molecule has 0 aliphatic carbocycles. The predicted molar refractivity (Wildman–Crippen MR) is 77.6 cm³/mol. The molecule has 0 fully saturated rings.